The molecule has 3 nitrogen and oxygen atoms in total. The van der Waals surface area contributed by atoms with Crippen molar-refractivity contribution in [2.45, 2.75) is 4.90 Å². The Hall–Kier alpha value is -1.95. The smallest absolute Gasteiger partial charge is 0.160 e. The highest BCUT2D eigenvalue weighted by atomic mass is 32.2. The van der Waals surface area contributed by atoms with Gasteiger partial charge in [-0.3, -0.25) is 4.21 Å². The summed E-state index contributed by atoms with van der Waals surface area (Å²) in [6.07, 6.45) is 0. The highest BCUT2D eigenvalue weighted by Crippen LogP contribution is 2.15. The third-order valence-electron chi connectivity index (χ3n) is 2.55. The van der Waals surface area contributed by atoms with Crippen LogP contribution in [0.3, 0.4) is 0 Å². The number of nitrogen functional groups attached to an aromatic ring is 1. The normalized spacial score (nSPS) is 12.1. The molecular weight excluding hydrogens is 284 g/mol. The molecule has 0 bridgehead atoms. The van der Waals surface area contributed by atoms with Gasteiger partial charge in [-0.15, -0.1) is 0 Å². The van der Waals surface area contributed by atoms with E-state index in [1.165, 1.54) is 6.07 Å². The van der Waals surface area contributed by atoms with Crippen LogP contribution in [0.25, 0.3) is 0 Å². The van der Waals surface area contributed by atoms with E-state index < -0.39 is 22.4 Å². The first-order valence-corrected chi connectivity index (χ1v) is 7.20. The molecule has 2 aromatic carbocycles. The third kappa shape index (κ3) is 3.77. The van der Waals surface area contributed by atoms with Crippen molar-refractivity contribution in [1.29, 1.82) is 0 Å². The molecule has 0 saturated carbocycles. The Balaban J connectivity index is 1.90. The van der Waals surface area contributed by atoms with Crippen molar-refractivity contribution in [3.05, 3.63) is 54.1 Å². The Morgan fingerprint density at radius 1 is 1.10 bits per heavy atom. The van der Waals surface area contributed by atoms with Gasteiger partial charge in [0, 0.05) is 16.6 Å². The fourth-order valence-corrected chi connectivity index (χ4v) is 2.50. The van der Waals surface area contributed by atoms with Crippen LogP contribution in [0.15, 0.2) is 47.4 Å². The Morgan fingerprint density at radius 3 is 2.60 bits per heavy atom. The van der Waals surface area contributed by atoms with Crippen molar-refractivity contribution < 1.29 is 17.7 Å². The van der Waals surface area contributed by atoms with Crippen molar-refractivity contribution in [3.63, 3.8) is 0 Å². The van der Waals surface area contributed by atoms with Gasteiger partial charge in [-0.2, -0.15) is 0 Å². The fourth-order valence-electron chi connectivity index (χ4n) is 1.58. The molecule has 0 heterocycles. The summed E-state index contributed by atoms with van der Waals surface area (Å²) >= 11 is 0. The zero-order valence-electron chi connectivity index (χ0n) is 10.5. The van der Waals surface area contributed by atoms with E-state index in [4.69, 9.17) is 10.5 Å². The predicted molar refractivity (Wildman–Crippen MR) is 74.0 cm³/mol. The number of hydrogen-bond acceptors (Lipinski definition) is 3. The van der Waals surface area contributed by atoms with E-state index >= 15 is 0 Å². The lowest BCUT2D eigenvalue weighted by atomic mass is 10.3. The Bertz CT molecular complexity index is 634. The van der Waals surface area contributed by atoms with Crippen LogP contribution >= 0.6 is 0 Å². The van der Waals surface area contributed by atoms with Crippen molar-refractivity contribution >= 4 is 16.5 Å². The zero-order valence-corrected chi connectivity index (χ0v) is 11.3. The summed E-state index contributed by atoms with van der Waals surface area (Å²) in [4.78, 5) is 0.236. The summed E-state index contributed by atoms with van der Waals surface area (Å²) in [5, 5.41) is 0. The number of anilines is 1. The molecule has 0 aliphatic heterocycles. The fraction of sp³-hybridized carbons (Fsp3) is 0.143. The lowest BCUT2D eigenvalue weighted by Crippen LogP contribution is -2.09. The molecule has 0 radical (unpaired) electrons. The second kappa shape index (κ2) is 6.47. The molecule has 20 heavy (non-hydrogen) atoms. The maximum Gasteiger partial charge on any atom is 0.160 e. The first-order chi connectivity index (χ1) is 9.56. The van der Waals surface area contributed by atoms with Crippen molar-refractivity contribution in [2.24, 2.45) is 0 Å². The molecule has 2 rings (SSSR count). The molecule has 0 amide bonds. The lowest BCUT2D eigenvalue weighted by Gasteiger charge is -2.07. The van der Waals surface area contributed by atoms with Crippen LogP contribution in [0.2, 0.25) is 0 Å². The van der Waals surface area contributed by atoms with Gasteiger partial charge in [0.1, 0.15) is 12.4 Å². The number of ether oxygens (including phenoxy) is 1. The second-order valence-corrected chi connectivity index (χ2v) is 5.62. The van der Waals surface area contributed by atoms with Gasteiger partial charge >= 0.3 is 0 Å². The van der Waals surface area contributed by atoms with Gasteiger partial charge in [0.25, 0.3) is 0 Å². The first-order valence-electron chi connectivity index (χ1n) is 5.88. The molecule has 1 unspecified atom stereocenters. The molecule has 106 valence electrons. The Labute approximate surface area is 117 Å². The van der Waals surface area contributed by atoms with E-state index in [1.807, 2.05) is 0 Å². The summed E-state index contributed by atoms with van der Waals surface area (Å²) in [5.41, 5.74) is 6.17. The largest absolute Gasteiger partial charge is 0.493 e. The molecule has 0 aliphatic carbocycles. The van der Waals surface area contributed by atoms with Crippen molar-refractivity contribution in [2.75, 3.05) is 18.1 Å². The summed E-state index contributed by atoms with van der Waals surface area (Å²) in [5.74, 6) is -1.21. The number of hydrogen-bond donors (Lipinski definition) is 1. The zero-order chi connectivity index (χ0) is 14.5. The standard InChI is InChI=1S/C14H13F2NO2S/c15-13-5-4-12(9-14(13)16)20(18)7-6-19-11-3-1-2-10(17)8-11/h1-5,8-9H,6-7,17H2. The lowest BCUT2D eigenvalue weighted by molar-refractivity contribution is 0.343. The molecule has 1 atom stereocenters. The highest BCUT2D eigenvalue weighted by molar-refractivity contribution is 7.85. The maximum absolute atomic E-state index is 13.0. The number of nitrogens with two attached hydrogens (primary N) is 1. The number of halogens is 2. The average Bonchev–Trinajstić information content (AvgIpc) is 2.42. The van der Waals surface area contributed by atoms with Gasteiger partial charge in [0.15, 0.2) is 11.6 Å². The summed E-state index contributed by atoms with van der Waals surface area (Å²) in [6, 6.07) is 10.1. The summed E-state index contributed by atoms with van der Waals surface area (Å²) in [7, 11) is -1.44. The van der Waals surface area contributed by atoms with Crippen molar-refractivity contribution in [1.82, 2.24) is 0 Å². The Morgan fingerprint density at radius 2 is 1.90 bits per heavy atom. The Kier molecular flexibility index (Phi) is 4.68. The van der Waals surface area contributed by atoms with E-state index in [1.54, 1.807) is 24.3 Å². The molecule has 0 saturated heterocycles. The predicted octanol–water partition coefficient (Wildman–Crippen LogP) is 2.73. The monoisotopic (exact) mass is 297 g/mol. The van der Waals surface area contributed by atoms with Crippen LogP contribution in [0.5, 0.6) is 5.75 Å². The molecule has 6 heteroatoms. The SMILES string of the molecule is Nc1cccc(OCCS(=O)c2ccc(F)c(F)c2)c1. The molecule has 0 spiro atoms. The van der Waals surface area contributed by atoms with Crippen LogP contribution in [0, 0.1) is 11.6 Å². The number of benzene rings is 2. The van der Waals surface area contributed by atoms with E-state index in [9.17, 15) is 13.0 Å². The molecule has 0 aliphatic rings. The van der Waals surface area contributed by atoms with Gasteiger partial charge in [-0.05, 0) is 30.3 Å². The average molecular weight is 297 g/mol. The minimum Gasteiger partial charge on any atom is -0.493 e. The van der Waals surface area contributed by atoms with E-state index in [2.05, 4.69) is 0 Å². The molecular formula is C14H13F2NO2S. The highest BCUT2D eigenvalue weighted by Gasteiger charge is 2.08. The minimum absolute atomic E-state index is 0.180. The molecule has 0 aromatic heterocycles. The number of rotatable bonds is 5. The molecule has 0 fully saturated rings. The quantitative estimate of drug-likeness (QED) is 0.863. The summed E-state index contributed by atoms with van der Waals surface area (Å²) < 4.78 is 43.1. The van der Waals surface area contributed by atoms with Gasteiger partial charge < -0.3 is 10.5 Å². The summed E-state index contributed by atoms with van der Waals surface area (Å²) in [6.45, 7) is 0.190. The van der Waals surface area contributed by atoms with Gasteiger partial charge in [0.05, 0.1) is 16.6 Å². The van der Waals surface area contributed by atoms with E-state index in [0.717, 1.165) is 12.1 Å². The van der Waals surface area contributed by atoms with Crippen LogP contribution in [0.4, 0.5) is 14.5 Å². The van der Waals surface area contributed by atoms with Crippen molar-refractivity contribution in [3.8, 4) is 5.75 Å². The topological polar surface area (TPSA) is 52.3 Å². The maximum atomic E-state index is 13.0. The molecule has 2 aromatic rings. The van der Waals surface area contributed by atoms with Crippen LogP contribution < -0.4 is 10.5 Å². The minimum atomic E-state index is -1.44. The van der Waals surface area contributed by atoms with Crippen LogP contribution in [0.1, 0.15) is 0 Å². The van der Waals surface area contributed by atoms with Gasteiger partial charge in [0.2, 0.25) is 0 Å². The molecule has 2 N–H and O–H groups in total. The van der Waals surface area contributed by atoms with Gasteiger partial charge in [-0.25, -0.2) is 8.78 Å². The van der Waals surface area contributed by atoms with Crippen LogP contribution in [-0.4, -0.2) is 16.6 Å². The third-order valence-corrected chi connectivity index (χ3v) is 3.87. The van der Waals surface area contributed by atoms with E-state index in [0.29, 0.717) is 11.4 Å². The van der Waals surface area contributed by atoms with Crippen LogP contribution in [-0.2, 0) is 10.8 Å². The van der Waals surface area contributed by atoms with E-state index in [-0.39, 0.29) is 17.3 Å². The van der Waals surface area contributed by atoms with Gasteiger partial charge in [-0.1, -0.05) is 6.07 Å². The first kappa shape index (κ1) is 14.5. The second-order valence-electron chi connectivity index (χ2n) is 4.05.